The number of carbonyl (C=O) groups excluding carboxylic acids is 3. The molecule has 4 rings (SSSR count). The molecule has 1 N–H and O–H groups in total. The molecule has 0 bridgehead atoms. The van der Waals surface area contributed by atoms with Gasteiger partial charge < -0.3 is 10.2 Å². The first-order valence-electron chi connectivity index (χ1n) is 11.3. The molecule has 2 atom stereocenters. The van der Waals surface area contributed by atoms with Gasteiger partial charge in [0.25, 0.3) is 5.91 Å². The van der Waals surface area contributed by atoms with Gasteiger partial charge in [-0.05, 0) is 49.1 Å². The lowest BCUT2D eigenvalue weighted by molar-refractivity contribution is -0.138. The summed E-state index contributed by atoms with van der Waals surface area (Å²) in [5.41, 5.74) is -0.421. The minimum Gasteiger partial charge on any atom is -0.342 e. The van der Waals surface area contributed by atoms with Crippen LogP contribution in [0.15, 0.2) is 42.0 Å². The Balaban J connectivity index is 1.57. The third-order valence-corrected chi connectivity index (χ3v) is 7.80. The number of hydrogen-bond acceptors (Lipinski definition) is 5. The van der Waals surface area contributed by atoms with Crippen molar-refractivity contribution in [3.05, 3.63) is 52.5 Å². The van der Waals surface area contributed by atoms with Crippen LogP contribution in [0.4, 0.5) is 4.79 Å². The van der Waals surface area contributed by atoms with E-state index in [1.54, 1.807) is 29.8 Å². The number of nitrogens with one attached hydrogen (secondary N) is 1. The van der Waals surface area contributed by atoms with Gasteiger partial charge in [-0.2, -0.15) is 0 Å². The molecule has 0 radical (unpaired) electrons. The quantitative estimate of drug-likeness (QED) is 0.650. The first kappa shape index (κ1) is 22.5. The molecule has 2 aliphatic heterocycles. The van der Waals surface area contributed by atoms with Crippen LogP contribution in [0.1, 0.15) is 43.6 Å². The van der Waals surface area contributed by atoms with Crippen LogP contribution < -0.4 is 5.32 Å². The number of piperidine rings is 1. The predicted molar refractivity (Wildman–Crippen MR) is 123 cm³/mol. The number of thiophene rings is 1. The van der Waals surface area contributed by atoms with E-state index < -0.39 is 5.54 Å². The van der Waals surface area contributed by atoms with Crippen molar-refractivity contribution in [2.45, 2.75) is 45.1 Å². The Bertz CT molecular complexity index is 957. The van der Waals surface area contributed by atoms with E-state index in [-0.39, 0.29) is 29.7 Å². The molecule has 0 unspecified atom stereocenters. The van der Waals surface area contributed by atoms with Gasteiger partial charge in [-0.25, -0.2) is 4.79 Å². The van der Waals surface area contributed by atoms with Gasteiger partial charge in [-0.1, -0.05) is 26.0 Å². The molecular formula is C24H30N4O3S. The summed E-state index contributed by atoms with van der Waals surface area (Å²) in [5, 5.41) is 5.05. The minimum atomic E-state index is -1.13. The molecule has 4 heterocycles. The minimum absolute atomic E-state index is 0.000563. The van der Waals surface area contributed by atoms with Crippen LogP contribution >= 0.6 is 11.3 Å². The normalized spacial score (nSPS) is 22.8. The molecule has 7 nitrogen and oxygen atoms in total. The topological polar surface area (TPSA) is 82.6 Å². The largest absolute Gasteiger partial charge is 0.342 e. The van der Waals surface area contributed by atoms with Crippen molar-refractivity contribution in [3.8, 4) is 0 Å². The predicted octanol–water partition coefficient (Wildman–Crippen LogP) is 3.42. The fraction of sp³-hybridized carbons (Fsp3) is 0.500. The number of rotatable bonds is 7. The van der Waals surface area contributed by atoms with Crippen LogP contribution in [0.3, 0.4) is 0 Å². The van der Waals surface area contributed by atoms with Crippen LogP contribution in [0, 0.1) is 11.8 Å². The highest BCUT2D eigenvalue weighted by Gasteiger charge is 2.57. The lowest BCUT2D eigenvalue weighted by Crippen LogP contribution is -2.54. The summed E-state index contributed by atoms with van der Waals surface area (Å²) in [6.07, 6.45) is 6.11. The molecule has 4 amide bonds. The van der Waals surface area contributed by atoms with E-state index in [2.05, 4.69) is 10.3 Å². The molecule has 2 fully saturated rings. The lowest BCUT2D eigenvalue weighted by atomic mass is 9.73. The molecule has 0 aliphatic carbocycles. The van der Waals surface area contributed by atoms with Gasteiger partial charge >= 0.3 is 6.03 Å². The monoisotopic (exact) mass is 454 g/mol. The third-order valence-electron chi connectivity index (χ3n) is 6.86. The molecule has 170 valence electrons. The maximum absolute atomic E-state index is 13.8. The van der Waals surface area contributed by atoms with Crippen molar-refractivity contribution in [3.63, 3.8) is 0 Å². The average molecular weight is 455 g/mol. The number of amides is 4. The molecule has 0 aromatic carbocycles. The smallest absolute Gasteiger partial charge is 0.325 e. The highest BCUT2D eigenvalue weighted by molar-refractivity contribution is 7.09. The van der Waals surface area contributed by atoms with E-state index in [4.69, 9.17) is 0 Å². The zero-order valence-corrected chi connectivity index (χ0v) is 19.4. The van der Waals surface area contributed by atoms with Crippen LogP contribution in [0.5, 0.6) is 0 Å². The van der Waals surface area contributed by atoms with E-state index in [1.807, 2.05) is 42.3 Å². The first-order chi connectivity index (χ1) is 15.5. The second kappa shape index (κ2) is 9.40. The van der Waals surface area contributed by atoms with E-state index in [0.717, 1.165) is 11.3 Å². The van der Waals surface area contributed by atoms with Crippen molar-refractivity contribution in [1.29, 1.82) is 0 Å². The van der Waals surface area contributed by atoms with Crippen LogP contribution in [0.25, 0.3) is 0 Å². The number of urea groups is 1. The highest BCUT2D eigenvalue weighted by atomic mass is 32.1. The summed E-state index contributed by atoms with van der Waals surface area (Å²) in [4.78, 5) is 48.1. The zero-order chi connectivity index (χ0) is 22.7. The van der Waals surface area contributed by atoms with Gasteiger partial charge in [-0.15, -0.1) is 11.3 Å². The Kier molecular flexibility index (Phi) is 6.60. The standard InChI is InChI=1S/C24H30N4O3S/c1-3-17(2)21(29)27-12-8-18(9-13-27)24(19-6-4-11-25-16-19)22(30)28(23(31)26-24)14-10-20-7-5-15-32-20/h4-7,11,15-18H,3,8-10,12-14H2,1-2H3,(H,26,31)/t17-,24+/m1/s1. The van der Waals surface area contributed by atoms with E-state index in [0.29, 0.717) is 44.5 Å². The summed E-state index contributed by atoms with van der Waals surface area (Å²) < 4.78 is 0. The van der Waals surface area contributed by atoms with Crippen LogP contribution in [-0.4, -0.2) is 52.3 Å². The second-order valence-electron chi connectivity index (χ2n) is 8.67. The van der Waals surface area contributed by atoms with Crippen molar-refractivity contribution in [1.82, 2.24) is 20.1 Å². The molecule has 2 aromatic rings. The SMILES string of the molecule is CC[C@@H](C)C(=O)N1CCC([C@@]2(c3cccnc3)NC(=O)N(CCc3cccs3)C2=O)CC1. The van der Waals surface area contributed by atoms with E-state index in [9.17, 15) is 14.4 Å². The second-order valence-corrected chi connectivity index (χ2v) is 9.71. The maximum atomic E-state index is 13.8. The van der Waals surface area contributed by atoms with E-state index >= 15 is 0 Å². The Hall–Kier alpha value is -2.74. The summed E-state index contributed by atoms with van der Waals surface area (Å²) >= 11 is 1.62. The number of likely N-dealkylation sites (tertiary alicyclic amines) is 1. The van der Waals surface area contributed by atoms with Gasteiger partial charge in [-0.3, -0.25) is 19.5 Å². The summed E-state index contributed by atoms with van der Waals surface area (Å²) in [6, 6.07) is 7.30. The summed E-state index contributed by atoms with van der Waals surface area (Å²) in [5.74, 6) is -0.144. The number of carbonyl (C=O) groups is 3. The molecular weight excluding hydrogens is 424 g/mol. The van der Waals surface area contributed by atoms with E-state index in [1.165, 1.54) is 4.90 Å². The highest BCUT2D eigenvalue weighted by Crippen LogP contribution is 2.41. The average Bonchev–Trinajstić information content (AvgIpc) is 3.44. The first-order valence-corrected chi connectivity index (χ1v) is 12.2. The molecule has 2 saturated heterocycles. The van der Waals surface area contributed by atoms with Crippen molar-refractivity contribution < 1.29 is 14.4 Å². The number of nitrogens with zero attached hydrogens (tertiary/aromatic N) is 3. The lowest BCUT2D eigenvalue weighted by Gasteiger charge is -2.41. The van der Waals surface area contributed by atoms with Gasteiger partial charge in [0.1, 0.15) is 0 Å². The summed E-state index contributed by atoms with van der Waals surface area (Å²) in [6.45, 7) is 5.50. The maximum Gasteiger partial charge on any atom is 0.325 e. The van der Waals surface area contributed by atoms with Gasteiger partial charge in [0.05, 0.1) is 0 Å². The fourth-order valence-electron chi connectivity index (χ4n) is 4.80. The van der Waals surface area contributed by atoms with Crippen molar-refractivity contribution >= 4 is 29.2 Å². The summed E-state index contributed by atoms with van der Waals surface area (Å²) in [7, 11) is 0. The number of aromatic nitrogens is 1. The Morgan fingerprint density at radius 3 is 2.69 bits per heavy atom. The molecule has 8 heteroatoms. The number of pyridine rings is 1. The number of imide groups is 1. The van der Waals surface area contributed by atoms with Crippen molar-refractivity contribution in [2.24, 2.45) is 11.8 Å². The molecule has 0 spiro atoms. The zero-order valence-electron chi connectivity index (χ0n) is 18.6. The number of hydrogen-bond donors (Lipinski definition) is 1. The Morgan fingerprint density at radius 1 is 1.28 bits per heavy atom. The van der Waals surface area contributed by atoms with Crippen LogP contribution in [-0.2, 0) is 21.5 Å². The van der Waals surface area contributed by atoms with Crippen LogP contribution in [0.2, 0.25) is 0 Å². The fourth-order valence-corrected chi connectivity index (χ4v) is 5.50. The molecule has 2 aromatic heterocycles. The molecule has 0 saturated carbocycles. The van der Waals surface area contributed by atoms with Crippen molar-refractivity contribution in [2.75, 3.05) is 19.6 Å². The Morgan fingerprint density at radius 2 is 2.06 bits per heavy atom. The van der Waals surface area contributed by atoms with Gasteiger partial charge in [0.15, 0.2) is 5.54 Å². The third kappa shape index (κ3) is 4.03. The molecule has 2 aliphatic rings. The Labute approximate surface area is 192 Å². The molecule has 32 heavy (non-hydrogen) atoms. The van der Waals surface area contributed by atoms with Gasteiger partial charge in [0.2, 0.25) is 5.91 Å². The van der Waals surface area contributed by atoms with Gasteiger partial charge in [0, 0.05) is 48.4 Å².